The minimum Gasteiger partial charge on any atom is -0.385 e. The van der Waals surface area contributed by atoms with E-state index < -0.39 is 33.7 Å². The molecule has 2 heterocycles. The number of carbonyl (C=O) groups is 2. The average molecular weight is 448 g/mol. The van der Waals surface area contributed by atoms with Gasteiger partial charge in [0.2, 0.25) is 10.0 Å². The molecule has 0 unspecified atom stereocenters. The number of sulfonamides is 1. The molecule has 1 aromatic rings. The number of benzene rings is 1. The van der Waals surface area contributed by atoms with Gasteiger partial charge in [0.25, 0.3) is 11.8 Å². The van der Waals surface area contributed by atoms with Crippen LogP contribution in [0.5, 0.6) is 0 Å². The highest BCUT2D eigenvalue weighted by atomic mass is 35.5. The number of fused-ring (bicyclic) bond motifs is 1. The number of amides is 2. The highest BCUT2D eigenvalue weighted by Gasteiger charge is 2.45. The van der Waals surface area contributed by atoms with Crippen LogP contribution >= 0.6 is 11.6 Å². The van der Waals surface area contributed by atoms with Gasteiger partial charge in [0.05, 0.1) is 16.8 Å². The molecule has 1 aromatic carbocycles. The Kier molecular flexibility index (Phi) is 6.77. The molecule has 29 heavy (non-hydrogen) atoms. The van der Waals surface area contributed by atoms with Gasteiger partial charge < -0.3 is 10.1 Å². The van der Waals surface area contributed by atoms with Gasteiger partial charge in [-0.25, -0.2) is 17.1 Å². The molecular weight excluding hydrogens is 425 g/mol. The molecule has 1 N–H and O–H groups in total. The third-order valence-corrected chi connectivity index (χ3v) is 7.16. The average Bonchev–Trinajstić information content (AvgIpc) is 3.04. The Morgan fingerprint density at radius 1 is 1.41 bits per heavy atom. The summed E-state index contributed by atoms with van der Waals surface area (Å²) in [6.45, 7) is 1.00. The van der Waals surface area contributed by atoms with Crippen LogP contribution in [0.25, 0.3) is 0 Å². The van der Waals surface area contributed by atoms with Gasteiger partial charge >= 0.3 is 0 Å². The lowest BCUT2D eigenvalue weighted by Gasteiger charge is -2.23. The molecule has 2 fully saturated rings. The number of hydrogen-bond acceptors (Lipinski definition) is 6. The second kappa shape index (κ2) is 8.95. The zero-order valence-corrected chi connectivity index (χ0v) is 17.5. The van der Waals surface area contributed by atoms with E-state index >= 15 is 0 Å². The van der Waals surface area contributed by atoms with E-state index in [9.17, 15) is 22.4 Å². The molecule has 2 saturated heterocycles. The number of methoxy groups -OCH3 is 1. The third kappa shape index (κ3) is 4.88. The highest BCUT2D eigenvalue weighted by Crippen LogP contribution is 2.25. The number of hydrogen-bond donors (Lipinski definition) is 1. The molecule has 0 radical (unpaired) electrons. The van der Waals surface area contributed by atoms with Crippen molar-refractivity contribution in [3.05, 3.63) is 34.6 Å². The van der Waals surface area contributed by atoms with Gasteiger partial charge in [-0.1, -0.05) is 11.6 Å². The summed E-state index contributed by atoms with van der Waals surface area (Å²) in [6, 6.07) is 2.75. The fourth-order valence-electron chi connectivity index (χ4n) is 3.67. The number of ether oxygens (including phenoxy) is 1. The van der Waals surface area contributed by atoms with Crippen LogP contribution in [0, 0.1) is 5.82 Å². The molecule has 0 saturated carbocycles. The van der Waals surface area contributed by atoms with Crippen molar-refractivity contribution in [2.75, 3.05) is 39.1 Å². The standard InChI is InChI=1S/C18H23ClFN3O5S/c1-28-7-2-5-23-18(25)16-10-13(11-22(16)6-8-29(23,26)27)21-17(24)12-3-4-15(20)14(19)9-12/h3-4,9,13,16H,2,5-8,10-11H2,1H3,(H,21,24)/t13-,16-/m0/s1. The fourth-order valence-corrected chi connectivity index (χ4v) is 5.34. The Morgan fingerprint density at radius 3 is 2.86 bits per heavy atom. The smallest absolute Gasteiger partial charge is 0.253 e. The normalized spacial score (nSPS) is 24.2. The summed E-state index contributed by atoms with van der Waals surface area (Å²) in [6.07, 6.45) is 0.718. The molecule has 8 nitrogen and oxygen atoms in total. The lowest BCUT2D eigenvalue weighted by Crippen LogP contribution is -2.44. The van der Waals surface area contributed by atoms with Crippen LogP contribution in [-0.2, 0) is 19.6 Å². The zero-order valence-electron chi connectivity index (χ0n) is 15.9. The maximum Gasteiger partial charge on any atom is 0.253 e. The summed E-state index contributed by atoms with van der Waals surface area (Å²) in [5, 5.41) is 2.68. The van der Waals surface area contributed by atoms with Gasteiger partial charge in [-0.2, -0.15) is 0 Å². The molecule has 2 atom stereocenters. The predicted octanol–water partition coefficient (Wildman–Crippen LogP) is 0.860. The summed E-state index contributed by atoms with van der Waals surface area (Å²) in [4.78, 5) is 27.1. The Balaban J connectivity index is 1.68. The van der Waals surface area contributed by atoms with Gasteiger partial charge in [-0.05, 0) is 31.0 Å². The van der Waals surface area contributed by atoms with Gasteiger partial charge in [0, 0.05) is 45.0 Å². The first-order valence-corrected chi connectivity index (χ1v) is 11.2. The minimum absolute atomic E-state index is 0.0739. The number of halogens is 2. The molecule has 2 aliphatic rings. The first-order valence-electron chi connectivity index (χ1n) is 9.26. The van der Waals surface area contributed by atoms with Crippen molar-refractivity contribution in [3.8, 4) is 0 Å². The topological polar surface area (TPSA) is 96.0 Å². The number of carbonyl (C=O) groups excluding carboxylic acids is 2. The molecule has 0 spiro atoms. The van der Waals surface area contributed by atoms with Crippen LogP contribution in [0.1, 0.15) is 23.2 Å². The Hall–Kier alpha value is -1.75. The lowest BCUT2D eigenvalue weighted by molar-refractivity contribution is -0.130. The van der Waals surface area contributed by atoms with Crippen molar-refractivity contribution in [2.24, 2.45) is 0 Å². The van der Waals surface area contributed by atoms with Crippen molar-refractivity contribution >= 4 is 33.4 Å². The molecule has 0 aromatic heterocycles. The van der Waals surface area contributed by atoms with E-state index in [1.54, 1.807) is 4.90 Å². The first kappa shape index (κ1) is 21.9. The van der Waals surface area contributed by atoms with Gasteiger partial charge in [-0.15, -0.1) is 0 Å². The van der Waals surface area contributed by atoms with Crippen LogP contribution in [0.15, 0.2) is 18.2 Å². The molecule has 2 aliphatic heterocycles. The maximum absolute atomic E-state index is 13.3. The van der Waals surface area contributed by atoms with Crippen LogP contribution in [0.3, 0.4) is 0 Å². The molecule has 2 amide bonds. The molecule has 160 valence electrons. The number of nitrogens with zero attached hydrogens (tertiary/aromatic N) is 2. The molecule has 11 heteroatoms. The molecule has 0 bridgehead atoms. The zero-order chi connectivity index (χ0) is 21.2. The quantitative estimate of drug-likeness (QED) is 0.650. The summed E-state index contributed by atoms with van der Waals surface area (Å²) in [5.41, 5.74) is 0.216. The van der Waals surface area contributed by atoms with Crippen molar-refractivity contribution < 1.29 is 27.1 Å². The van der Waals surface area contributed by atoms with E-state index in [2.05, 4.69) is 5.32 Å². The SMILES string of the molecule is COCCCN1C(=O)[C@@H]2C[C@H](NC(=O)c3ccc(F)c(Cl)c3)CN2CCS1(=O)=O. The second-order valence-corrected chi connectivity index (χ2v) is 9.54. The van der Waals surface area contributed by atoms with Crippen LogP contribution in [0.4, 0.5) is 4.39 Å². The highest BCUT2D eigenvalue weighted by molar-refractivity contribution is 7.89. The van der Waals surface area contributed by atoms with E-state index in [1.807, 2.05) is 0 Å². The van der Waals surface area contributed by atoms with E-state index in [1.165, 1.54) is 19.2 Å². The molecule has 0 aliphatic carbocycles. The second-order valence-electron chi connectivity index (χ2n) is 7.12. The molecular formula is C18H23ClFN3O5S. The van der Waals surface area contributed by atoms with Crippen molar-refractivity contribution in [1.82, 2.24) is 14.5 Å². The number of rotatable bonds is 6. The number of nitrogens with one attached hydrogen (secondary N) is 1. The van der Waals surface area contributed by atoms with Crippen molar-refractivity contribution in [2.45, 2.75) is 24.9 Å². The monoisotopic (exact) mass is 447 g/mol. The largest absolute Gasteiger partial charge is 0.385 e. The van der Waals surface area contributed by atoms with Gasteiger partial charge in [0.1, 0.15) is 5.82 Å². The Labute approximate surface area is 174 Å². The summed E-state index contributed by atoms with van der Waals surface area (Å²) >= 11 is 5.73. The van der Waals surface area contributed by atoms with Crippen molar-refractivity contribution in [3.63, 3.8) is 0 Å². The van der Waals surface area contributed by atoms with Gasteiger partial charge in [0.15, 0.2) is 0 Å². The first-order chi connectivity index (χ1) is 13.7. The lowest BCUT2D eigenvalue weighted by atomic mass is 10.1. The van der Waals surface area contributed by atoms with Gasteiger partial charge in [-0.3, -0.25) is 14.5 Å². The van der Waals surface area contributed by atoms with Crippen LogP contribution in [-0.4, -0.2) is 80.6 Å². The predicted molar refractivity (Wildman–Crippen MR) is 105 cm³/mol. The fraction of sp³-hybridized carbons (Fsp3) is 0.556. The summed E-state index contributed by atoms with van der Waals surface area (Å²) < 4.78 is 44.1. The Bertz CT molecular complexity index is 897. The third-order valence-electron chi connectivity index (χ3n) is 5.13. The molecule has 3 rings (SSSR count). The van der Waals surface area contributed by atoms with E-state index in [4.69, 9.17) is 16.3 Å². The Morgan fingerprint density at radius 2 is 2.17 bits per heavy atom. The summed E-state index contributed by atoms with van der Waals surface area (Å²) in [7, 11) is -2.16. The minimum atomic E-state index is -3.68. The van der Waals surface area contributed by atoms with E-state index in [-0.39, 0.29) is 35.5 Å². The summed E-state index contributed by atoms with van der Waals surface area (Å²) in [5.74, 6) is -1.67. The van der Waals surface area contributed by atoms with Crippen molar-refractivity contribution in [1.29, 1.82) is 0 Å². The maximum atomic E-state index is 13.3. The van der Waals surface area contributed by atoms with E-state index in [0.717, 1.165) is 10.4 Å². The van der Waals surface area contributed by atoms with E-state index in [0.29, 0.717) is 26.0 Å². The van der Waals surface area contributed by atoms with Crippen LogP contribution < -0.4 is 5.32 Å². The van der Waals surface area contributed by atoms with Crippen LogP contribution in [0.2, 0.25) is 5.02 Å².